The van der Waals surface area contributed by atoms with Crippen molar-refractivity contribution in [3.63, 3.8) is 0 Å². The average Bonchev–Trinajstić information content (AvgIpc) is 3.53. The first kappa shape index (κ1) is 31.9. The number of nitrogens with zero attached hydrogens (tertiary/aromatic N) is 6. The molecule has 4 aromatic carbocycles. The van der Waals surface area contributed by atoms with E-state index in [1.54, 1.807) is 7.05 Å². The average molecular weight is 633 g/mol. The van der Waals surface area contributed by atoms with Crippen molar-refractivity contribution in [3.05, 3.63) is 141 Å². The zero-order valence-electron chi connectivity index (χ0n) is 26.3. The second-order valence-corrected chi connectivity index (χ2v) is 11.6. The Balaban J connectivity index is 1.33. The first-order valence-corrected chi connectivity index (χ1v) is 15.3. The summed E-state index contributed by atoms with van der Waals surface area (Å²) in [5.74, 6) is 0.159. The van der Waals surface area contributed by atoms with Crippen LogP contribution in [0.4, 0.5) is 0 Å². The monoisotopic (exact) mass is 632 g/mol. The van der Waals surface area contributed by atoms with E-state index in [1.807, 2.05) is 117 Å². The predicted molar refractivity (Wildman–Crippen MR) is 176 cm³/mol. The lowest BCUT2D eigenvalue weighted by Crippen LogP contribution is -2.45. The number of aryl methyl sites for hydroxylation is 3. The van der Waals surface area contributed by atoms with E-state index >= 15 is 0 Å². The molecule has 240 valence electrons. The minimum Gasteiger partial charge on any atom is -0.388 e. The number of aliphatic hydroxyl groups excluding tert-OH is 3. The molecule has 0 aliphatic carbocycles. The first-order chi connectivity index (χ1) is 22.7. The Morgan fingerprint density at radius 3 is 1.83 bits per heavy atom. The van der Waals surface area contributed by atoms with Crippen molar-refractivity contribution in [1.82, 2.24) is 29.8 Å². The van der Waals surface area contributed by atoms with Gasteiger partial charge in [0.05, 0.1) is 24.2 Å². The van der Waals surface area contributed by atoms with Crippen LogP contribution in [0.2, 0.25) is 0 Å². The maximum atomic E-state index is 13.8. The van der Waals surface area contributed by atoms with Crippen molar-refractivity contribution in [2.75, 3.05) is 6.61 Å². The van der Waals surface area contributed by atoms with Gasteiger partial charge in [-0.3, -0.25) is 4.79 Å². The lowest BCUT2D eigenvalue weighted by Gasteiger charge is -2.37. The fourth-order valence-corrected chi connectivity index (χ4v) is 5.88. The molecule has 0 aliphatic rings. The summed E-state index contributed by atoms with van der Waals surface area (Å²) in [4.78, 5) is 18.4. The third-order valence-corrected chi connectivity index (χ3v) is 8.56. The van der Waals surface area contributed by atoms with Crippen LogP contribution in [-0.2, 0) is 23.9 Å². The molecule has 47 heavy (non-hydrogen) atoms. The Morgan fingerprint density at radius 1 is 0.787 bits per heavy atom. The summed E-state index contributed by atoms with van der Waals surface area (Å²) < 4.78 is 9.33. The van der Waals surface area contributed by atoms with Crippen LogP contribution >= 0.6 is 0 Å². The summed E-state index contributed by atoms with van der Waals surface area (Å²) in [6.07, 6.45) is -4.74. The SMILES string of the molecule is Cc1cc2nc(-c3nnnn3C)c(=O)n(C[C@H](O)[C@H](O)[C@H](O)COC(c3ccccc3)(c3ccccc3)c3ccccc3)c2cc1C. The van der Waals surface area contributed by atoms with E-state index in [9.17, 15) is 20.1 Å². The molecule has 0 saturated heterocycles. The van der Waals surface area contributed by atoms with E-state index in [4.69, 9.17) is 4.74 Å². The molecule has 11 nitrogen and oxygen atoms in total. The predicted octanol–water partition coefficient (Wildman–Crippen LogP) is 3.30. The second kappa shape index (κ2) is 13.3. The molecule has 11 heteroatoms. The van der Waals surface area contributed by atoms with E-state index in [-0.39, 0.29) is 24.7 Å². The number of aliphatic hydroxyl groups is 3. The number of benzene rings is 4. The molecule has 3 N–H and O–H groups in total. The molecule has 2 aromatic heterocycles. The summed E-state index contributed by atoms with van der Waals surface area (Å²) in [5, 5.41) is 45.3. The molecule has 0 saturated carbocycles. The Morgan fingerprint density at radius 2 is 1.32 bits per heavy atom. The Bertz CT molecular complexity index is 1940. The van der Waals surface area contributed by atoms with Crippen molar-refractivity contribution < 1.29 is 20.1 Å². The number of ether oxygens (including phenoxy) is 1. The van der Waals surface area contributed by atoms with Gasteiger partial charge < -0.3 is 24.6 Å². The van der Waals surface area contributed by atoms with Gasteiger partial charge in [-0.1, -0.05) is 91.0 Å². The maximum Gasteiger partial charge on any atom is 0.281 e. The molecule has 0 bridgehead atoms. The van der Waals surface area contributed by atoms with Gasteiger partial charge in [0.25, 0.3) is 5.56 Å². The highest BCUT2D eigenvalue weighted by Crippen LogP contribution is 2.40. The van der Waals surface area contributed by atoms with E-state index in [2.05, 4.69) is 20.5 Å². The van der Waals surface area contributed by atoms with Crippen molar-refractivity contribution in [1.29, 1.82) is 0 Å². The van der Waals surface area contributed by atoms with Crippen molar-refractivity contribution in [3.8, 4) is 11.5 Å². The van der Waals surface area contributed by atoms with E-state index < -0.39 is 29.5 Å². The number of fused-ring (bicyclic) bond motifs is 1. The minimum absolute atomic E-state index is 0.00260. The molecule has 0 amide bonds. The second-order valence-electron chi connectivity index (χ2n) is 11.6. The number of hydrogen-bond donors (Lipinski definition) is 3. The molecular weight excluding hydrogens is 596 g/mol. The highest BCUT2D eigenvalue weighted by molar-refractivity contribution is 5.79. The van der Waals surface area contributed by atoms with Crippen LogP contribution in [-0.4, -0.2) is 70.0 Å². The quantitative estimate of drug-likeness (QED) is 0.183. The van der Waals surface area contributed by atoms with Crippen LogP contribution in [0, 0.1) is 13.8 Å². The zero-order chi connectivity index (χ0) is 33.1. The normalized spacial score (nSPS) is 13.8. The number of rotatable bonds is 11. The van der Waals surface area contributed by atoms with Crippen molar-refractivity contribution in [2.45, 2.75) is 44.3 Å². The van der Waals surface area contributed by atoms with Crippen molar-refractivity contribution in [2.24, 2.45) is 7.05 Å². The van der Waals surface area contributed by atoms with Crippen LogP contribution < -0.4 is 5.56 Å². The Hall–Kier alpha value is -5.07. The van der Waals surface area contributed by atoms with Crippen LogP contribution in [0.3, 0.4) is 0 Å². The highest BCUT2D eigenvalue weighted by Gasteiger charge is 2.39. The smallest absolute Gasteiger partial charge is 0.281 e. The van der Waals surface area contributed by atoms with Gasteiger partial charge in [-0.15, -0.1) is 5.10 Å². The Labute approximate surface area is 271 Å². The summed E-state index contributed by atoms with van der Waals surface area (Å²) >= 11 is 0. The molecule has 2 heterocycles. The van der Waals surface area contributed by atoms with Crippen LogP contribution in [0.5, 0.6) is 0 Å². The molecule has 0 spiro atoms. The number of aromatic nitrogens is 6. The summed E-state index contributed by atoms with van der Waals surface area (Å²) in [7, 11) is 1.60. The molecular formula is C36H36N6O5. The minimum atomic E-state index is -1.67. The van der Waals surface area contributed by atoms with E-state index in [0.29, 0.717) is 11.0 Å². The summed E-state index contributed by atoms with van der Waals surface area (Å²) in [5.41, 5.74) is 3.63. The van der Waals surface area contributed by atoms with Crippen molar-refractivity contribution >= 4 is 11.0 Å². The topological polar surface area (TPSA) is 148 Å². The van der Waals surface area contributed by atoms with Crippen LogP contribution in [0.1, 0.15) is 27.8 Å². The van der Waals surface area contributed by atoms with Gasteiger partial charge in [0.1, 0.15) is 23.9 Å². The molecule has 6 aromatic rings. The third kappa shape index (κ3) is 6.09. The van der Waals surface area contributed by atoms with Gasteiger partial charge in [-0.2, -0.15) is 0 Å². The first-order valence-electron chi connectivity index (χ1n) is 15.3. The van der Waals surface area contributed by atoms with Gasteiger partial charge in [0.2, 0.25) is 5.82 Å². The van der Waals surface area contributed by atoms with Gasteiger partial charge >= 0.3 is 0 Å². The van der Waals surface area contributed by atoms with Crippen LogP contribution in [0.25, 0.3) is 22.6 Å². The summed E-state index contributed by atoms with van der Waals surface area (Å²) in [6.45, 7) is 3.18. The van der Waals surface area contributed by atoms with Gasteiger partial charge in [0.15, 0.2) is 5.69 Å². The van der Waals surface area contributed by atoms with Crippen LogP contribution in [0.15, 0.2) is 108 Å². The molecule has 0 aliphatic heterocycles. The molecule has 6 rings (SSSR count). The zero-order valence-corrected chi connectivity index (χ0v) is 26.3. The summed E-state index contributed by atoms with van der Waals surface area (Å²) in [6, 6.07) is 32.6. The standard InChI is InChI=1S/C36H36N6O5/c1-23-19-28-29(20-24(23)2)42(35(46)32(37-28)34-38-39-40-41(34)3)21-30(43)33(45)31(44)22-47-36(25-13-7-4-8-14-25,26-15-9-5-10-16-26)27-17-11-6-12-18-27/h4-20,30-31,33,43-45H,21-22H2,1-3H3/t30-,31+,33-/m0/s1. The largest absolute Gasteiger partial charge is 0.388 e. The molecule has 0 fully saturated rings. The Kier molecular flexibility index (Phi) is 9.06. The fourth-order valence-electron chi connectivity index (χ4n) is 5.88. The lowest BCUT2D eigenvalue weighted by atomic mass is 9.80. The van der Waals surface area contributed by atoms with Gasteiger partial charge in [-0.05, 0) is 64.2 Å². The number of hydrogen-bond acceptors (Lipinski definition) is 9. The third-order valence-electron chi connectivity index (χ3n) is 8.56. The molecule has 0 radical (unpaired) electrons. The molecule has 3 atom stereocenters. The number of tetrazole rings is 1. The molecule has 0 unspecified atom stereocenters. The van der Waals surface area contributed by atoms with Gasteiger partial charge in [0, 0.05) is 7.05 Å². The lowest BCUT2D eigenvalue weighted by molar-refractivity contribution is -0.113. The fraction of sp³-hybridized carbons (Fsp3) is 0.250. The maximum absolute atomic E-state index is 13.8. The van der Waals surface area contributed by atoms with Gasteiger partial charge in [-0.25, -0.2) is 9.67 Å². The highest BCUT2D eigenvalue weighted by atomic mass is 16.5. The van der Waals surface area contributed by atoms with E-state index in [0.717, 1.165) is 27.8 Å². The van der Waals surface area contributed by atoms with E-state index in [1.165, 1.54) is 9.25 Å².